The summed E-state index contributed by atoms with van der Waals surface area (Å²) in [5.41, 5.74) is 0.914. The molecule has 0 radical (unpaired) electrons. The quantitative estimate of drug-likeness (QED) is 0.720. The van der Waals surface area contributed by atoms with E-state index in [1.807, 2.05) is 0 Å². The molecule has 0 aliphatic rings. The number of rotatable bonds is 6. The van der Waals surface area contributed by atoms with Gasteiger partial charge in [-0.05, 0) is 18.2 Å². The molecule has 0 bridgehead atoms. The lowest BCUT2D eigenvalue weighted by Gasteiger charge is -2.07. The second-order valence-corrected chi connectivity index (χ2v) is 3.88. The van der Waals surface area contributed by atoms with Crippen LogP contribution in [0.2, 0.25) is 0 Å². The van der Waals surface area contributed by atoms with Crippen LogP contribution in [0, 0.1) is 0 Å². The lowest BCUT2D eigenvalue weighted by molar-refractivity contribution is -0.136. The summed E-state index contributed by atoms with van der Waals surface area (Å²) in [5, 5.41) is 13.6. The first kappa shape index (κ1) is 14.7. The maximum atomic E-state index is 11.7. The molecule has 0 fully saturated rings. The molecule has 0 aliphatic heterocycles. The highest BCUT2D eigenvalue weighted by Crippen LogP contribution is 2.10. The molecule has 19 heavy (non-hydrogen) atoms. The maximum Gasteiger partial charge on any atom is 0.305 e. The van der Waals surface area contributed by atoms with E-state index in [-0.39, 0.29) is 24.8 Å². The first-order valence-corrected chi connectivity index (χ1v) is 5.93. The van der Waals surface area contributed by atoms with Crippen molar-refractivity contribution in [2.24, 2.45) is 0 Å². The Kier molecular flexibility index (Phi) is 5.53. The number of aliphatic carboxylic acids is 1. The number of carbonyl (C=O) groups is 3. The molecule has 0 atom stereocenters. The summed E-state index contributed by atoms with van der Waals surface area (Å²) in [6.07, 6.45) is 0.229. The number of benzene rings is 1. The van der Waals surface area contributed by atoms with Gasteiger partial charge in [0.1, 0.15) is 0 Å². The minimum Gasteiger partial charge on any atom is -0.481 e. The van der Waals surface area contributed by atoms with Crippen LogP contribution in [0.1, 0.15) is 30.1 Å². The van der Waals surface area contributed by atoms with E-state index < -0.39 is 5.97 Å². The van der Waals surface area contributed by atoms with Gasteiger partial charge in [-0.1, -0.05) is 13.0 Å². The van der Waals surface area contributed by atoms with Crippen molar-refractivity contribution < 1.29 is 19.5 Å². The van der Waals surface area contributed by atoms with Gasteiger partial charge in [-0.25, -0.2) is 0 Å². The lowest BCUT2D eigenvalue weighted by Crippen LogP contribution is -2.26. The van der Waals surface area contributed by atoms with Crippen LogP contribution in [0.3, 0.4) is 0 Å². The Labute approximate surface area is 110 Å². The van der Waals surface area contributed by atoms with Gasteiger partial charge in [-0.15, -0.1) is 0 Å². The number of hydrogen-bond donors (Lipinski definition) is 3. The summed E-state index contributed by atoms with van der Waals surface area (Å²) in [5.74, 6) is -1.47. The van der Waals surface area contributed by atoms with Gasteiger partial charge in [0.25, 0.3) is 5.91 Å². The Morgan fingerprint density at radius 1 is 1.26 bits per heavy atom. The number of anilines is 1. The molecular weight excluding hydrogens is 248 g/mol. The molecular formula is C13H16N2O4. The average Bonchev–Trinajstić information content (AvgIpc) is 2.38. The predicted octanol–water partition coefficient (Wildman–Crippen LogP) is 1.24. The van der Waals surface area contributed by atoms with Crippen molar-refractivity contribution in [1.82, 2.24) is 5.32 Å². The lowest BCUT2D eigenvalue weighted by atomic mass is 10.2. The number of hydrogen-bond acceptors (Lipinski definition) is 3. The van der Waals surface area contributed by atoms with Gasteiger partial charge in [0.2, 0.25) is 5.91 Å². The van der Waals surface area contributed by atoms with Crippen LogP contribution >= 0.6 is 0 Å². The van der Waals surface area contributed by atoms with Crippen LogP contribution in [-0.4, -0.2) is 29.4 Å². The largest absolute Gasteiger partial charge is 0.481 e. The molecule has 3 N–H and O–H groups in total. The summed E-state index contributed by atoms with van der Waals surface area (Å²) in [4.78, 5) is 33.3. The molecule has 1 aromatic carbocycles. The minimum absolute atomic E-state index is 0.0692. The molecule has 0 heterocycles. The van der Waals surface area contributed by atoms with E-state index in [2.05, 4.69) is 10.6 Å². The third kappa shape index (κ3) is 5.20. The van der Waals surface area contributed by atoms with Crippen molar-refractivity contribution in [2.45, 2.75) is 19.8 Å². The fraction of sp³-hybridized carbons (Fsp3) is 0.308. The second-order valence-electron chi connectivity index (χ2n) is 3.88. The topological polar surface area (TPSA) is 95.5 Å². The van der Waals surface area contributed by atoms with Crippen LogP contribution in [0.15, 0.2) is 24.3 Å². The summed E-state index contributed by atoms with van der Waals surface area (Å²) < 4.78 is 0. The molecule has 0 unspecified atom stereocenters. The minimum atomic E-state index is -0.968. The third-order valence-electron chi connectivity index (χ3n) is 2.35. The fourth-order valence-electron chi connectivity index (χ4n) is 1.37. The Morgan fingerprint density at radius 3 is 2.63 bits per heavy atom. The molecule has 0 spiro atoms. The van der Waals surface area contributed by atoms with Gasteiger partial charge in [0.05, 0.1) is 6.42 Å². The number of carboxylic acids is 1. The van der Waals surface area contributed by atoms with Crippen LogP contribution in [0.4, 0.5) is 5.69 Å². The van der Waals surface area contributed by atoms with E-state index in [4.69, 9.17) is 5.11 Å². The van der Waals surface area contributed by atoms with Crippen molar-refractivity contribution in [2.75, 3.05) is 11.9 Å². The molecule has 1 aromatic rings. The smallest absolute Gasteiger partial charge is 0.305 e. The first-order valence-electron chi connectivity index (χ1n) is 5.93. The number of nitrogens with one attached hydrogen (secondary N) is 2. The standard InChI is InChI=1S/C13H16N2O4/c1-2-11(16)15-10-5-3-4-9(8-10)13(19)14-7-6-12(17)18/h3-5,8H,2,6-7H2,1H3,(H,14,19)(H,15,16)(H,17,18). The predicted molar refractivity (Wildman–Crippen MR) is 69.9 cm³/mol. The summed E-state index contributed by atoms with van der Waals surface area (Å²) in [7, 11) is 0. The van der Waals surface area contributed by atoms with E-state index in [1.165, 1.54) is 0 Å². The van der Waals surface area contributed by atoms with Crippen molar-refractivity contribution in [3.63, 3.8) is 0 Å². The van der Waals surface area contributed by atoms with Crippen LogP contribution < -0.4 is 10.6 Å². The average molecular weight is 264 g/mol. The van der Waals surface area contributed by atoms with E-state index in [0.717, 1.165) is 0 Å². The molecule has 0 saturated heterocycles. The Balaban J connectivity index is 2.62. The molecule has 0 aromatic heterocycles. The second kappa shape index (κ2) is 7.15. The zero-order valence-corrected chi connectivity index (χ0v) is 10.6. The Morgan fingerprint density at radius 2 is 2.00 bits per heavy atom. The summed E-state index contributed by atoms with van der Waals surface area (Å²) in [6.45, 7) is 1.80. The van der Waals surface area contributed by atoms with Crippen molar-refractivity contribution in [3.05, 3.63) is 29.8 Å². The fourth-order valence-corrected chi connectivity index (χ4v) is 1.37. The molecule has 0 aliphatic carbocycles. The maximum absolute atomic E-state index is 11.7. The normalized spacial score (nSPS) is 9.74. The molecule has 2 amide bonds. The third-order valence-corrected chi connectivity index (χ3v) is 2.35. The highest BCUT2D eigenvalue weighted by Gasteiger charge is 2.07. The van der Waals surface area contributed by atoms with Gasteiger partial charge >= 0.3 is 5.97 Å². The van der Waals surface area contributed by atoms with Crippen molar-refractivity contribution >= 4 is 23.5 Å². The Bertz CT molecular complexity index is 485. The van der Waals surface area contributed by atoms with Crippen LogP contribution in [0.25, 0.3) is 0 Å². The zero-order valence-electron chi connectivity index (χ0n) is 10.6. The van der Waals surface area contributed by atoms with Crippen LogP contribution in [-0.2, 0) is 9.59 Å². The molecule has 102 valence electrons. The number of amides is 2. The van der Waals surface area contributed by atoms with E-state index in [1.54, 1.807) is 31.2 Å². The summed E-state index contributed by atoms with van der Waals surface area (Å²) in [6, 6.07) is 6.47. The van der Waals surface area contributed by atoms with Gasteiger partial charge in [0, 0.05) is 24.2 Å². The molecule has 0 saturated carbocycles. The van der Waals surface area contributed by atoms with Crippen molar-refractivity contribution in [1.29, 1.82) is 0 Å². The van der Waals surface area contributed by atoms with E-state index >= 15 is 0 Å². The van der Waals surface area contributed by atoms with Crippen LogP contribution in [0.5, 0.6) is 0 Å². The Hall–Kier alpha value is -2.37. The molecule has 6 heteroatoms. The highest BCUT2D eigenvalue weighted by atomic mass is 16.4. The van der Waals surface area contributed by atoms with E-state index in [0.29, 0.717) is 17.7 Å². The molecule has 1 rings (SSSR count). The van der Waals surface area contributed by atoms with Crippen molar-refractivity contribution in [3.8, 4) is 0 Å². The monoisotopic (exact) mass is 264 g/mol. The summed E-state index contributed by atoms with van der Waals surface area (Å²) >= 11 is 0. The zero-order chi connectivity index (χ0) is 14.3. The van der Waals surface area contributed by atoms with Gasteiger partial charge < -0.3 is 15.7 Å². The van der Waals surface area contributed by atoms with Gasteiger partial charge in [0.15, 0.2) is 0 Å². The number of carbonyl (C=O) groups excluding carboxylic acids is 2. The number of carboxylic acid groups (broad SMARTS) is 1. The SMILES string of the molecule is CCC(=O)Nc1cccc(C(=O)NCCC(=O)O)c1. The van der Waals surface area contributed by atoms with E-state index in [9.17, 15) is 14.4 Å². The molecule has 6 nitrogen and oxygen atoms in total. The first-order chi connectivity index (χ1) is 9.02. The highest BCUT2D eigenvalue weighted by molar-refractivity contribution is 5.97. The van der Waals surface area contributed by atoms with Gasteiger partial charge in [-0.2, -0.15) is 0 Å². The van der Waals surface area contributed by atoms with Gasteiger partial charge in [-0.3, -0.25) is 14.4 Å².